The summed E-state index contributed by atoms with van der Waals surface area (Å²) >= 11 is 0. The van der Waals surface area contributed by atoms with Crippen molar-refractivity contribution in [3.05, 3.63) is 33.9 Å². The number of hydrogen-bond acceptors (Lipinski definition) is 4. The zero-order valence-electron chi connectivity index (χ0n) is 8.73. The van der Waals surface area contributed by atoms with Gasteiger partial charge in [0, 0.05) is 12.1 Å². The number of rotatable bonds is 4. The Kier molecular flexibility index (Phi) is 3.62. The quantitative estimate of drug-likeness (QED) is 0.585. The van der Waals surface area contributed by atoms with Gasteiger partial charge in [-0.15, -0.1) is 0 Å². The first kappa shape index (κ1) is 11.5. The predicted octanol–water partition coefficient (Wildman–Crippen LogP) is 1.70. The van der Waals surface area contributed by atoms with Crippen LogP contribution in [0.3, 0.4) is 0 Å². The lowest BCUT2D eigenvalue weighted by Gasteiger charge is -2.12. The van der Waals surface area contributed by atoms with Crippen LogP contribution in [0, 0.1) is 17.0 Å². The third-order valence-corrected chi connectivity index (χ3v) is 2.02. The summed E-state index contributed by atoms with van der Waals surface area (Å²) in [4.78, 5) is 10.3. The predicted molar refractivity (Wildman–Crippen MR) is 58.0 cm³/mol. The smallest absolute Gasteiger partial charge is 0.292 e. The Hall–Kier alpha value is -1.62. The Morgan fingerprint density at radius 3 is 2.80 bits per heavy atom. The summed E-state index contributed by atoms with van der Waals surface area (Å²) in [7, 11) is 0. The van der Waals surface area contributed by atoms with Gasteiger partial charge in [-0.1, -0.05) is 6.07 Å². The maximum atomic E-state index is 10.7. The van der Waals surface area contributed by atoms with Crippen molar-refractivity contribution in [1.29, 1.82) is 0 Å². The lowest BCUT2D eigenvalue weighted by Crippen LogP contribution is -2.20. The third-order valence-electron chi connectivity index (χ3n) is 2.02. The lowest BCUT2D eigenvalue weighted by molar-refractivity contribution is -0.384. The molecule has 1 aromatic rings. The van der Waals surface area contributed by atoms with Crippen LogP contribution in [0.15, 0.2) is 18.2 Å². The van der Waals surface area contributed by atoms with Gasteiger partial charge in [-0.25, -0.2) is 0 Å². The van der Waals surface area contributed by atoms with Crippen molar-refractivity contribution in [3.8, 4) is 0 Å². The minimum absolute atomic E-state index is 0.0286. The molecule has 1 rings (SSSR count). The molecular weight excluding hydrogens is 196 g/mol. The molecule has 0 fully saturated rings. The van der Waals surface area contributed by atoms with Crippen molar-refractivity contribution in [3.63, 3.8) is 0 Å². The fourth-order valence-electron chi connectivity index (χ4n) is 1.24. The molecular formula is C10H14N2O3. The molecule has 0 saturated carbocycles. The van der Waals surface area contributed by atoms with E-state index in [0.29, 0.717) is 5.69 Å². The molecule has 5 nitrogen and oxygen atoms in total. The molecule has 1 aromatic carbocycles. The number of nitro benzene ring substituents is 1. The van der Waals surface area contributed by atoms with E-state index in [1.165, 1.54) is 6.07 Å². The van der Waals surface area contributed by atoms with Crippen LogP contribution in [-0.2, 0) is 0 Å². The number of hydrogen-bond donors (Lipinski definition) is 2. The van der Waals surface area contributed by atoms with Crippen LogP contribution in [0.4, 0.5) is 11.4 Å². The molecule has 2 N–H and O–H groups in total. The Morgan fingerprint density at radius 2 is 2.27 bits per heavy atom. The molecule has 82 valence electrons. The molecule has 1 unspecified atom stereocenters. The van der Waals surface area contributed by atoms with Gasteiger partial charge in [-0.05, 0) is 25.5 Å². The van der Waals surface area contributed by atoms with Crippen molar-refractivity contribution >= 4 is 11.4 Å². The molecule has 0 saturated heterocycles. The van der Waals surface area contributed by atoms with E-state index in [0.717, 1.165) is 5.56 Å². The monoisotopic (exact) mass is 210 g/mol. The van der Waals surface area contributed by atoms with Crippen LogP contribution in [-0.4, -0.2) is 22.7 Å². The first-order chi connectivity index (χ1) is 7.04. The minimum Gasteiger partial charge on any atom is -0.394 e. The van der Waals surface area contributed by atoms with Gasteiger partial charge in [0.25, 0.3) is 5.69 Å². The SMILES string of the molecule is Cc1ccc([N+](=O)[O-])c(NC(C)CO)c1. The number of aryl methyl sites for hydroxylation is 1. The minimum atomic E-state index is -0.439. The second-order valence-electron chi connectivity index (χ2n) is 3.51. The van der Waals surface area contributed by atoms with Crippen LogP contribution < -0.4 is 5.32 Å². The molecule has 0 aliphatic heterocycles. The molecule has 0 aromatic heterocycles. The lowest BCUT2D eigenvalue weighted by atomic mass is 10.2. The second kappa shape index (κ2) is 4.75. The van der Waals surface area contributed by atoms with Gasteiger partial charge in [0.1, 0.15) is 5.69 Å². The molecule has 15 heavy (non-hydrogen) atoms. The first-order valence-electron chi connectivity index (χ1n) is 4.67. The summed E-state index contributed by atoms with van der Waals surface area (Å²) in [6.07, 6.45) is 0. The molecule has 1 atom stereocenters. The van der Waals surface area contributed by atoms with Gasteiger partial charge < -0.3 is 10.4 Å². The van der Waals surface area contributed by atoms with Gasteiger partial charge in [-0.3, -0.25) is 10.1 Å². The van der Waals surface area contributed by atoms with Crippen LogP contribution >= 0.6 is 0 Å². The maximum absolute atomic E-state index is 10.7. The van der Waals surface area contributed by atoms with E-state index in [2.05, 4.69) is 5.32 Å². The Labute approximate surface area is 87.9 Å². The Morgan fingerprint density at radius 1 is 1.60 bits per heavy atom. The van der Waals surface area contributed by atoms with E-state index in [1.54, 1.807) is 19.1 Å². The van der Waals surface area contributed by atoms with E-state index >= 15 is 0 Å². The average Bonchev–Trinajstić information content (AvgIpc) is 2.17. The standard InChI is InChI=1S/C10H14N2O3/c1-7-3-4-10(12(14)15)9(5-7)11-8(2)6-13/h3-5,8,11,13H,6H2,1-2H3. The second-order valence-corrected chi connectivity index (χ2v) is 3.51. The third kappa shape index (κ3) is 2.92. The van der Waals surface area contributed by atoms with Crippen LogP contribution in [0.2, 0.25) is 0 Å². The largest absolute Gasteiger partial charge is 0.394 e. The highest BCUT2D eigenvalue weighted by atomic mass is 16.6. The van der Waals surface area contributed by atoms with E-state index < -0.39 is 4.92 Å². The van der Waals surface area contributed by atoms with Crippen LogP contribution in [0.25, 0.3) is 0 Å². The van der Waals surface area contributed by atoms with E-state index in [4.69, 9.17) is 5.11 Å². The number of nitrogens with one attached hydrogen (secondary N) is 1. The molecule has 0 spiro atoms. The number of aliphatic hydroxyl groups excluding tert-OH is 1. The summed E-state index contributed by atoms with van der Waals surface area (Å²) in [6, 6.07) is 4.64. The Bertz CT molecular complexity index is 366. The van der Waals surface area contributed by atoms with Gasteiger partial charge in [0.15, 0.2) is 0 Å². The highest BCUT2D eigenvalue weighted by Crippen LogP contribution is 2.25. The molecule has 5 heteroatoms. The Balaban J connectivity index is 3.02. The number of benzene rings is 1. The first-order valence-corrected chi connectivity index (χ1v) is 4.67. The van der Waals surface area contributed by atoms with Crippen molar-refractivity contribution < 1.29 is 10.0 Å². The topological polar surface area (TPSA) is 75.4 Å². The summed E-state index contributed by atoms with van der Waals surface area (Å²) in [5, 5.41) is 22.5. The van der Waals surface area contributed by atoms with Crippen LogP contribution in [0.1, 0.15) is 12.5 Å². The number of nitro groups is 1. The van der Waals surface area contributed by atoms with Crippen molar-refractivity contribution in [2.45, 2.75) is 19.9 Å². The van der Waals surface area contributed by atoms with Crippen LogP contribution in [0.5, 0.6) is 0 Å². The number of aliphatic hydroxyl groups is 1. The van der Waals surface area contributed by atoms with E-state index in [-0.39, 0.29) is 18.3 Å². The summed E-state index contributed by atoms with van der Waals surface area (Å²) in [5.74, 6) is 0. The molecule has 0 bridgehead atoms. The zero-order valence-corrected chi connectivity index (χ0v) is 8.73. The molecule has 0 amide bonds. The van der Waals surface area contributed by atoms with Gasteiger partial charge >= 0.3 is 0 Å². The van der Waals surface area contributed by atoms with Crippen molar-refractivity contribution in [1.82, 2.24) is 0 Å². The maximum Gasteiger partial charge on any atom is 0.292 e. The number of anilines is 1. The normalized spacial score (nSPS) is 12.2. The summed E-state index contributed by atoms with van der Waals surface area (Å²) in [6.45, 7) is 3.55. The van der Waals surface area contributed by atoms with Crippen molar-refractivity contribution in [2.24, 2.45) is 0 Å². The molecule has 0 aliphatic carbocycles. The van der Waals surface area contributed by atoms with Gasteiger partial charge in [0.05, 0.1) is 11.5 Å². The number of nitrogens with zero attached hydrogens (tertiary/aromatic N) is 1. The summed E-state index contributed by atoms with van der Waals surface area (Å²) < 4.78 is 0. The van der Waals surface area contributed by atoms with Gasteiger partial charge in [0.2, 0.25) is 0 Å². The highest BCUT2D eigenvalue weighted by molar-refractivity contribution is 5.63. The zero-order chi connectivity index (χ0) is 11.4. The fourth-order valence-corrected chi connectivity index (χ4v) is 1.24. The fraction of sp³-hybridized carbons (Fsp3) is 0.400. The summed E-state index contributed by atoms with van der Waals surface area (Å²) in [5.41, 5.74) is 1.41. The van der Waals surface area contributed by atoms with E-state index in [1.807, 2.05) is 6.92 Å². The average molecular weight is 210 g/mol. The van der Waals surface area contributed by atoms with Gasteiger partial charge in [-0.2, -0.15) is 0 Å². The highest BCUT2D eigenvalue weighted by Gasteiger charge is 2.14. The van der Waals surface area contributed by atoms with E-state index in [9.17, 15) is 10.1 Å². The van der Waals surface area contributed by atoms with Crippen molar-refractivity contribution in [2.75, 3.05) is 11.9 Å². The molecule has 0 aliphatic rings. The molecule has 0 radical (unpaired) electrons. The molecule has 0 heterocycles.